The molecule has 4 atom stereocenters. The standard InChI is InChI=1S/C13H14O3/c1-2-4-9(5-3-1)13-14-10-6-7-11(15-13)12(8-10)16-13/h1-5,10-12H,6-8H2/t10-,11+,12-,13?/m1/s1. The quantitative estimate of drug-likeness (QED) is 0.723. The Balaban J connectivity index is 1.78. The van der Waals surface area contributed by atoms with Crippen LogP contribution in [-0.2, 0) is 20.2 Å². The van der Waals surface area contributed by atoms with Crippen molar-refractivity contribution in [3.8, 4) is 0 Å². The Labute approximate surface area is 94.3 Å². The molecule has 0 amide bonds. The molecular formula is C13H14O3. The van der Waals surface area contributed by atoms with Crippen molar-refractivity contribution in [1.29, 1.82) is 0 Å². The lowest BCUT2D eigenvalue weighted by Gasteiger charge is -2.37. The first kappa shape index (κ1) is 9.16. The highest BCUT2D eigenvalue weighted by Crippen LogP contribution is 2.50. The maximum atomic E-state index is 6.01. The van der Waals surface area contributed by atoms with E-state index in [1.807, 2.05) is 30.3 Å². The number of rotatable bonds is 1. The number of ether oxygens (including phenoxy) is 3. The van der Waals surface area contributed by atoms with Gasteiger partial charge in [-0.1, -0.05) is 30.3 Å². The fourth-order valence-electron chi connectivity index (χ4n) is 2.98. The van der Waals surface area contributed by atoms with Crippen LogP contribution in [0, 0.1) is 0 Å². The van der Waals surface area contributed by atoms with Gasteiger partial charge in [-0.25, -0.2) is 0 Å². The summed E-state index contributed by atoms with van der Waals surface area (Å²) in [6.45, 7) is 0. The summed E-state index contributed by atoms with van der Waals surface area (Å²) in [5.74, 6) is -0.907. The Morgan fingerprint density at radius 3 is 2.62 bits per heavy atom. The summed E-state index contributed by atoms with van der Waals surface area (Å²) in [6.07, 6.45) is 3.90. The Morgan fingerprint density at radius 2 is 1.75 bits per heavy atom. The van der Waals surface area contributed by atoms with Crippen LogP contribution in [0.4, 0.5) is 0 Å². The monoisotopic (exact) mass is 218 g/mol. The van der Waals surface area contributed by atoms with Gasteiger partial charge in [0.25, 0.3) is 0 Å². The molecule has 2 aliphatic heterocycles. The van der Waals surface area contributed by atoms with E-state index in [1.54, 1.807) is 0 Å². The molecule has 84 valence electrons. The summed E-state index contributed by atoms with van der Waals surface area (Å²) in [4.78, 5) is 0. The van der Waals surface area contributed by atoms with Crippen molar-refractivity contribution >= 4 is 0 Å². The minimum absolute atomic E-state index is 0.221. The highest BCUT2D eigenvalue weighted by Gasteiger charge is 2.57. The van der Waals surface area contributed by atoms with E-state index in [9.17, 15) is 0 Å². The van der Waals surface area contributed by atoms with E-state index in [-0.39, 0.29) is 12.2 Å². The second kappa shape index (κ2) is 3.06. The van der Waals surface area contributed by atoms with Crippen molar-refractivity contribution < 1.29 is 14.2 Å². The fourth-order valence-corrected chi connectivity index (χ4v) is 2.98. The molecule has 3 aliphatic rings. The molecule has 4 rings (SSSR count). The van der Waals surface area contributed by atoms with Crippen LogP contribution in [0.25, 0.3) is 0 Å². The van der Waals surface area contributed by atoms with Crippen LogP contribution in [0.1, 0.15) is 24.8 Å². The minimum atomic E-state index is -0.907. The molecule has 0 radical (unpaired) electrons. The summed E-state index contributed by atoms with van der Waals surface area (Å²) in [5.41, 5.74) is 0.981. The van der Waals surface area contributed by atoms with E-state index < -0.39 is 5.97 Å². The molecule has 2 heterocycles. The highest BCUT2D eigenvalue weighted by atomic mass is 16.9. The zero-order chi connectivity index (χ0) is 10.6. The van der Waals surface area contributed by atoms with Gasteiger partial charge in [0.05, 0.1) is 18.3 Å². The van der Waals surface area contributed by atoms with Crippen molar-refractivity contribution in [2.75, 3.05) is 0 Å². The van der Waals surface area contributed by atoms with Crippen LogP contribution in [0.15, 0.2) is 30.3 Å². The molecule has 1 aliphatic carbocycles. The summed E-state index contributed by atoms with van der Waals surface area (Å²) in [7, 11) is 0. The summed E-state index contributed by atoms with van der Waals surface area (Å²) in [5, 5.41) is 0. The average Bonchev–Trinajstić information content (AvgIpc) is 2.50. The molecule has 3 bridgehead atoms. The first-order valence-corrected chi connectivity index (χ1v) is 5.95. The zero-order valence-corrected chi connectivity index (χ0v) is 8.96. The van der Waals surface area contributed by atoms with E-state index in [4.69, 9.17) is 14.2 Å². The first-order chi connectivity index (χ1) is 7.86. The van der Waals surface area contributed by atoms with Crippen LogP contribution in [0.2, 0.25) is 0 Å². The van der Waals surface area contributed by atoms with Gasteiger partial charge < -0.3 is 14.2 Å². The molecule has 1 saturated carbocycles. The smallest absolute Gasteiger partial charge is 0.312 e. The molecule has 1 aromatic carbocycles. The van der Waals surface area contributed by atoms with Crippen LogP contribution in [0.3, 0.4) is 0 Å². The van der Waals surface area contributed by atoms with Crippen LogP contribution in [0.5, 0.6) is 0 Å². The second-order valence-corrected chi connectivity index (χ2v) is 4.79. The third-order valence-electron chi connectivity index (χ3n) is 3.75. The van der Waals surface area contributed by atoms with Gasteiger partial charge in [0.2, 0.25) is 0 Å². The van der Waals surface area contributed by atoms with Crippen molar-refractivity contribution in [1.82, 2.24) is 0 Å². The van der Waals surface area contributed by atoms with Gasteiger partial charge in [-0.15, -0.1) is 0 Å². The molecule has 1 unspecified atom stereocenters. The van der Waals surface area contributed by atoms with Gasteiger partial charge in [-0.2, -0.15) is 0 Å². The number of benzene rings is 1. The predicted molar refractivity (Wildman–Crippen MR) is 56.6 cm³/mol. The van der Waals surface area contributed by atoms with E-state index >= 15 is 0 Å². The Bertz CT molecular complexity index is 401. The van der Waals surface area contributed by atoms with Gasteiger partial charge >= 0.3 is 5.97 Å². The summed E-state index contributed by atoms with van der Waals surface area (Å²) < 4.78 is 18.0. The average molecular weight is 218 g/mol. The van der Waals surface area contributed by atoms with E-state index in [2.05, 4.69) is 0 Å². The maximum Gasteiger partial charge on any atom is 0.312 e. The van der Waals surface area contributed by atoms with Crippen molar-refractivity contribution in [2.24, 2.45) is 0 Å². The van der Waals surface area contributed by atoms with Crippen molar-refractivity contribution in [2.45, 2.75) is 43.5 Å². The number of hydrogen-bond acceptors (Lipinski definition) is 3. The van der Waals surface area contributed by atoms with Gasteiger partial charge in [0.1, 0.15) is 0 Å². The van der Waals surface area contributed by atoms with Crippen LogP contribution in [-0.4, -0.2) is 18.3 Å². The molecule has 3 heteroatoms. The van der Waals surface area contributed by atoms with Gasteiger partial charge in [0.15, 0.2) is 0 Å². The minimum Gasteiger partial charge on any atom is -0.320 e. The molecule has 2 saturated heterocycles. The number of fused-ring (bicyclic) bond motifs is 2. The number of hydrogen-bond donors (Lipinski definition) is 0. The normalized spacial score (nSPS) is 44.9. The fraction of sp³-hybridized carbons (Fsp3) is 0.538. The lowest BCUT2D eigenvalue weighted by atomic mass is 9.92. The molecule has 0 spiro atoms. The third kappa shape index (κ3) is 1.14. The Hall–Kier alpha value is -0.900. The molecule has 3 nitrogen and oxygen atoms in total. The van der Waals surface area contributed by atoms with E-state index in [0.717, 1.165) is 24.8 Å². The maximum absolute atomic E-state index is 6.01. The summed E-state index contributed by atoms with van der Waals surface area (Å²) in [6, 6.07) is 9.98. The molecule has 3 fully saturated rings. The van der Waals surface area contributed by atoms with Gasteiger partial charge in [-0.05, 0) is 12.8 Å². The molecule has 0 aromatic heterocycles. The topological polar surface area (TPSA) is 27.7 Å². The molecule has 0 N–H and O–H groups in total. The SMILES string of the molecule is c1ccc(C23O[C@@H]4CC[C@H](O2)[C@@H](C4)O3)cc1. The molecule has 16 heavy (non-hydrogen) atoms. The molecule has 1 aromatic rings. The van der Waals surface area contributed by atoms with E-state index in [0.29, 0.717) is 6.10 Å². The molecular weight excluding hydrogens is 204 g/mol. The Morgan fingerprint density at radius 1 is 0.938 bits per heavy atom. The predicted octanol–water partition coefficient (Wildman–Crippen LogP) is 2.16. The van der Waals surface area contributed by atoms with Gasteiger partial charge in [0, 0.05) is 12.0 Å². The largest absolute Gasteiger partial charge is 0.320 e. The van der Waals surface area contributed by atoms with Gasteiger partial charge in [-0.3, -0.25) is 0 Å². The summed E-state index contributed by atoms with van der Waals surface area (Å²) >= 11 is 0. The zero-order valence-electron chi connectivity index (χ0n) is 8.96. The Kier molecular flexibility index (Phi) is 1.76. The second-order valence-electron chi connectivity index (χ2n) is 4.79. The van der Waals surface area contributed by atoms with Crippen molar-refractivity contribution in [3.05, 3.63) is 35.9 Å². The third-order valence-corrected chi connectivity index (χ3v) is 3.75. The highest BCUT2D eigenvalue weighted by molar-refractivity contribution is 5.20. The first-order valence-electron chi connectivity index (χ1n) is 5.95. The van der Waals surface area contributed by atoms with E-state index in [1.165, 1.54) is 0 Å². The lowest BCUT2D eigenvalue weighted by Crippen LogP contribution is -2.42. The van der Waals surface area contributed by atoms with Crippen LogP contribution >= 0.6 is 0 Å². The lowest BCUT2D eigenvalue weighted by molar-refractivity contribution is -0.383. The van der Waals surface area contributed by atoms with Crippen LogP contribution < -0.4 is 0 Å². The van der Waals surface area contributed by atoms with Crippen molar-refractivity contribution in [3.63, 3.8) is 0 Å².